The van der Waals surface area contributed by atoms with Crippen LogP contribution in [0.1, 0.15) is 0 Å². The molecule has 0 saturated heterocycles. The van der Waals surface area contributed by atoms with Crippen molar-refractivity contribution in [1.29, 1.82) is 0 Å². The summed E-state index contributed by atoms with van der Waals surface area (Å²) in [4.78, 5) is 8.76. The third kappa shape index (κ3) is 2.62. The van der Waals surface area contributed by atoms with Crippen LogP contribution in [0.3, 0.4) is 0 Å². The van der Waals surface area contributed by atoms with E-state index in [0.29, 0.717) is 16.0 Å². The lowest BCUT2D eigenvalue weighted by molar-refractivity contribution is 1.28. The molecule has 0 aliphatic heterocycles. The van der Waals surface area contributed by atoms with Gasteiger partial charge in [-0.2, -0.15) is 0 Å². The molecule has 3 nitrogen and oxygen atoms in total. The van der Waals surface area contributed by atoms with Gasteiger partial charge in [-0.1, -0.05) is 35.3 Å². The van der Waals surface area contributed by atoms with Crippen LogP contribution in [0.4, 0.5) is 11.5 Å². The van der Waals surface area contributed by atoms with Crippen LogP contribution < -0.4 is 5.32 Å². The van der Waals surface area contributed by atoms with Crippen LogP contribution in [-0.4, -0.2) is 9.97 Å². The first-order chi connectivity index (χ1) is 9.22. The summed E-state index contributed by atoms with van der Waals surface area (Å²) in [7, 11) is 0. The first kappa shape index (κ1) is 12.2. The van der Waals surface area contributed by atoms with Crippen molar-refractivity contribution in [2.45, 2.75) is 0 Å². The first-order valence-electron chi connectivity index (χ1n) is 5.67. The molecule has 0 fully saturated rings. The molecule has 19 heavy (non-hydrogen) atoms. The number of anilines is 2. The van der Waals surface area contributed by atoms with Gasteiger partial charge in [0.2, 0.25) is 0 Å². The Morgan fingerprint density at radius 2 is 1.42 bits per heavy atom. The second kappa shape index (κ2) is 5.03. The number of para-hydroxylation sites is 2. The molecule has 1 heterocycles. The molecule has 0 radical (unpaired) electrons. The molecule has 3 rings (SSSR count). The van der Waals surface area contributed by atoms with E-state index in [1.54, 1.807) is 12.1 Å². The van der Waals surface area contributed by atoms with Gasteiger partial charge in [0, 0.05) is 10.7 Å². The number of halogens is 2. The van der Waals surface area contributed by atoms with Gasteiger partial charge < -0.3 is 5.32 Å². The number of nitrogens with zero attached hydrogens (tertiary/aromatic N) is 2. The van der Waals surface area contributed by atoms with Gasteiger partial charge in [-0.25, -0.2) is 9.97 Å². The summed E-state index contributed by atoms with van der Waals surface area (Å²) in [5.74, 6) is 0.530. The average molecular weight is 290 g/mol. The molecule has 0 aliphatic rings. The van der Waals surface area contributed by atoms with Crippen LogP contribution in [-0.2, 0) is 0 Å². The highest BCUT2D eigenvalue weighted by Crippen LogP contribution is 2.25. The summed E-state index contributed by atoms with van der Waals surface area (Å²) in [5.41, 5.74) is 2.42. The second-order valence-corrected chi connectivity index (χ2v) is 4.78. The van der Waals surface area contributed by atoms with Gasteiger partial charge in [-0.15, -0.1) is 0 Å². The number of hydrogen-bond acceptors (Lipinski definition) is 3. The molecule has 0 bridgehead atoms. The van der Waals surface area contributed by atoms with Crippen molar-refractivity contribution in [3.05, 3.63) is 58.7 Å². The van der Waals surface area contributed by atoms with Gasteiger partial charge in [0.15, 0.2) is 11.0 Å². The number of benzene rings is 2. The minimum atomic E-state index is 0.341. The predicted molar refractivity (Wildman–Crippen MR) is 79.3 cm³/mol. The molecule has 1 N–H and O–H groups in total. The predicted octanol–water partition coefficient (Wildman–Crippen LogP) is 4.68. The molecule has 0 spiro atoms. The fraction of sp³-hybridized carbons (Fsp3) is 0. The van der Waals surface area contributed by atoms with E-state index in [1.807, 2.05) is 36.4 Å². The lowest BCUT2D eigenvalue weighted by Gasteiger charge is -2.08. The van der Waals surface area contributed by atoms with Crippen LogP contribution in [0.15, 0.2) is 48.5 Å². The number of aromatic nitrogens is 2. The van der Waals surface area contributed by atoms with E-state index in [9.17, 15) is 0 Å². The van der Waals surface area contributed by atoms with Crippen LogP contribution >= 0.6 is 23.2 Å². The minimum Gasteiger partial charge on any atom is -0.338 e. The van der Waals surface area contributed by atoms with Gasteiger partial charge in [-0.05, 0) is 36.4 Å². The van der Waals surface area contributed by atoms with Gasteiger partial charge in [0.1, 0.15) is 0 Å². The van der Waals surface area contributed by atoms with Crippen LogP contribution in [0.25, 0.3) is 11.0 Å². The smallest absolute Gasteiger partial charge is 0.172 e. The average Bonchev–Trinajstić information content (AvgIpc) is 2.42. The fourth-order valence-corrected chi connectivity index (χ4v) is 2.03. The van der Waals surface area contributed by atoms with E-state index < -0.39 is 0 Å². The zero-order valence-electron chi connectivity index (χ0n) is 9.77. The van der Waals surface area contributed by atoms with Crippen molar-refractivity contribution >= 4 is 45.7 Å². The van der Waals surface area contributed by atoms with Crippen LogP contribution in [0, 0.1) is 0 Å². The lowest BCUT2D eigenvalue weighted by atomic mass is 10.3. The maximum Gasteiger partial charge on any atom is 0.172 e. The third-order valence-corrected chi connectivity index (χ3v) is 3.15. The Balaban J connectivity index is 2.00. The maximum atomic E-state index is 6.12. The summed E-state index contributed by atoms with van der Waals surface area (Å²) in [6.07, 6.45) is 0. The zero-order chi connectivity index (χ0) is 13.2. The highest BCUT2D eigenvalue weighted by Gasteiger charge is 2.06. The molecule has 94 valence electrons. The second-order valence-electron chi connectivity index (χ2n) is 3.98. The SMILES string of the molecule is Clc1ccc(Nc2nc3ccccc3nc2Cl)cc1. The van der Waals surface area contributed by atoms with E-state index in [4.69, 9.17) is 23.2 Å². The Bertz CT molecular complexity index is 726. The normalized spacial score (nSPS) is 10.6. The Kier molecular flexibility index (Phi) is 3.23. The van der Waals surface area contributed by atoms with Gasteiger partial charge in [0.25, 0.3) is 0 Å². The molecular formula is C14H9Cl2N3. The van der Waals surface area contributed by atoms with Gasteiger partial charge in [0.05, 0.1) is 11.0 Å². The van der Waals surface area contributed by atoms with E-state index in [1.165, 1.54) is 0 Å². The molecule has 3 aromatic rings. The molecule has 1 aromatic heterocycles. The quantitative estimate of drug-likeness (QED) is 0.744. The van der Waals surface area contributed by atoms with Crippen molar-refractivity contribution in [2.24, 2.45) is 0 Å². The maximum absolute atomic E-state index is 6.12. The fourth-order valence-electron chi connectivity index (χ4n) is 1.73. The Morgan fingerprint density at radius 3 is 2.11 bits per heavy atom. The van der Waals surface area contributed by atoms with Crippen LogP contribution in [0.2, 0.25) is 10.2 Å². The zero-order valence-corrected chi connectivity index (χ0v) is 11.3. The summed E-state index contributed by atoms with van der Waals surface area (Å²) in [5, 5.41) is 4.15. The van der Waals surface area contributed by atoms with Crippen molar-refractivity contribution < 1.29 is 0 Å². The van der Waals surface area contributed by atoms with E-state index in [0.717, 1.165) is 16.7 Å². The Morgan fingerprint density at radius 1 is 0.789 bits per heavy atom. The number of rotatable bonds is 2. The van der Waals surface area contributed by atoms with Gasteiger partial charge in [-0.3, -0.25) is 0 Å². The third-order valence-electron chi connectivity index (χ3n) is 2.63. The highest BCUT2D eigenvalue weighted by atomic mass is 35.5. The summed E-state index contributed by atoms with van der Waals surface area (Å²) in [6, 6.07) is 14.9. The molecule has 5 heteroatoms. The number of nitrogens with one attached hydrogen (secondary N) is 1. The summed E-state index contributed by atoms with van der Waals surface area (Å²) < 4.78 is 0. The van der Waals surface area contributed by atoms with Crippen molar-refractivity contribution in [3.63, 3.8) is 0 Å². The van der Waals surface area contributed by atoms with E-state index >= 15 is 0 Å². The van der Waals surface area contributed by atoms with Crippen LogP contribution in [0.5, 0.6) is 0 Å². The summed E-state index contributed by atoms with van der Waals surface area (Å²) in [6.45, 7) is 0. The number of fused-ring (bicyclic) bond motifs is 1. The molecule has 0 aliphatic carbocycles. The molecule has 0 atom stereocenters. The van der Waals surface area contributed by atoms with E-state index in [-0.39, 0.29) is 0 Å². The lowest BCUT2D eigenvalue weighted by Crippen LogP contribution is -1.97. The summed E-state index contributed by atoms with van der Waals surface area (Å²) >= 11 is 12.0. The molecule has 0 unspecified atom stereocenters. The van der Waals surface area contributed by atoms with Crippen molar-refractivity contribution in [1.82, 2.24) is 9.97 Å². The largest absolute Gasteiger partial charge is 0.338 e. The molecular weight excluding hydrogens is 281 g/mol. The Hall–Kier alpha value is -1.84. The molecule has 0 saturated carbocycles. The molecule has 0 amide bonds. The monoisotopic (exact) mass is 289 g/mol. The van der Waals surface area contributed by atoms with Crippen molar-refractivity contribution in [2.75, 3.05) is 5.32 Å². The minimum absolute atomic E-state index is 0.341. The van der Waals surface area contributed by atoms with E-state index in [2.05, 4.69) is 15.3 Å². The van der Waals surface area contributed by atoms with Crippen molar-refractivity contribution in [3.8, 4) is 0 Å². The Labute approximate surface area is 120 Å². The number of hydrogen-bond donors (Lipinski definition) is 1. The topological polar surface area (TPSA) is 37.8 Å². The molecule has 2 aromatic carbocycles. The first-order valence-corrected chi connectivity index (χ1v) is 6.43. The van der Waals surface area contributed by atoms with Gasteiger partial charge >= 0.3 is 0 Å². The highest BCUT2D eigenvalue weighted by molar-refractivity contribution is 6.32. The standard InChI is InChI=1S/C14H9Cl2N3/c15-9-5-7-10(8-6-9)17-14-13(16)18-11-3-1-2-4-12(11)19-14/h1-8H,(H,17,19).